The van der Waals surface area contributed by atoms with Crippen LogP contribution in [-0.4, -0.2) is 17.4 Å². The molecule has 4 rings (SSSR count). The molecule has 112 valence electrons. The first-order chi connectivity index (χ1) is 10.6. The van der Waals surface area contributed by atoms with Gasteiger partial charge in [0, 0.05) is 21.8 Å². The summed E-state index contributed by atoms with van der Waals surface area (Å²) in [5.74, 6) is 0.319. The number of furan rings is 1. The molecule has 3 aromatic rings. The third kappa shape index (κ3) is 2.14. The number of benzene rings is 1. The quantitative estimate of drug-likeness (QED) is 0.635. The van der Waals surface area contributed by atoms with Crippen LogP contribution in [0.5, 0.6) is 0 Å². The minimum absolute atomic E-state index is 0.0586. The van der Waals surface area contributed by atoms with Crippen LogP contribution in [0.4, 0.5) is 0 Å². The minimum atomic E-state index is -0.0586. The third-order valence-electron chi connectivity index (χ3n) is 4.23. The first kappa shape index (κ1) is 13.9. The maximum Gasteiger partial charge on any atom is 0.290 e. The van der Waals surface area contributed by atoms with Crippen molar-refractivity contribution in [2.24, 2.45) is 0 Å². The number of hydrogen-bond acceptors (Lipinski definition) is 3. The number of carbonyl (C=O) groups is 1. The molecule has 2 aromatic heterocycles. The van der Waals surface area contributed by atoms with E-state index >= 15 is 0 Å². The number of rotatable bonds is 1. The largest absolute Gasteiger partial charge is 0.451 e. The summed E-state index contributed by atoms with van der Waals surface area (Å²) < 4.78 is 5.71. The van der Waals surface area contributed by atoms with Gasteiger partial charge in [0.05, 0.1) is 6.04 Å². The maximum atomic E-state index is 12.8. The third-order valence-corrected chi connectivity index (χ3v) is 5.46. The summed E-state index contributed by atoms with van der Waals surface area (Å²) in [6.07, 6.45) is 0.912. The molecule has 0 aliphatic carbocycles. The van der Waals surface area contributed by atoms with Gasteiger partial charge in [-0.25, -0.2) is 0 Å². The molecule has 1 aliphatic rings. The van der Waals surface area contributed by atoms with E-state index in [9.17, 15) is 4.79 Å². The summed E-state index contributed by atoms with van der Waals surface area (Å²) in [5.41, 5.74) is 1.94. The Morgan fingerprint density at radius 1 is 1.36 bits per heavy atom. The topological polar surface area (TPSA) is 33.5 Å². The van der Waals surface area contributed by atoms with Gasteiger partial charge in [0.2, 0.25) is 0 Å². The molecule has 0 saturated carbocycles. The van der Waals surface area contributed by atoms with Gasteiger partial charge < -0.3 is 9.32 Å². The Bertz CT molecular complexity index is 867. The summed E-state index contributed by atoms with van der Waals surface area (Å²) >= 11 is 7.76. The zero-order valence-corrected chi connectivity index (χ0v) is 13.6. The standard InChI is InChI=1S/C17H14ClNO2S/c1-10-13-5-7-22-16(13)4-6-19(10)17(20)15-9-11-8-12(18)2-3-14(11)21-15/h2-3,5,7-10H,4,6H2,1H3/t10-/m1/s1. The molecule has 0 saturated heterocycles. The Kier molecular flexibility index (Phi) is 3.24. The molecule has 0 bridgehead atoms. The lowest BCUT2D eigenvalue weighted by Gasteiger charge is -2.33. The molecule has 1 atom stereocenters. The number of halogens is 1. The van der Waals surface area contributed by atoms with E-state index in [1.807, 2.05) is 11.0 Å². The Morgan fingerprint density at radius 3 is 3.09 bits per heavy atom. The molecule has 5 heteroatoms. The Labute approximate surface area is 137 Å². The second-order valence-corrected chi connectivity index (χ2v) is 6.95. The van der Waals surface area contributed by atoms with Crippen molar-refractivity contribution in [1.29, 1.82) is 0 Å². The average Bonchev–Trinajstić information content (AvgIpc) is 3.12. The predicted molar refractivity (Wildman–Crippen MR) is 88.7 cm³/mol. The number of nitrogens with zero attached hydrogens (tertiary/aromatic N) is 1. The molecular weight excluding hydrogens is 318 g/mol. The molecule has 22 heavy (non-hydrogen) atoms. The molecule has 0 unspecified atom stereocenters. The molecular formula is C17H14ClNO2S. The van der Waals surface area contributed by atoms with Gasteiger partial charge in [-0.05, 0) is 54.6 Å². The Balaban J connectivity index is 1.68. The van der Waals surface area contributed by atoms with E-state index < -0.39 is 0 Å². The second-order valence-electron chi connectivity index (χ2n) is 5.52. The lowest BCUT2D eigenvalue weighted by Crippen LogP contribution is -2.38. The van der Waals surface area contributed by atoms with E-state index in [4.69, 9.17) is 16.0 Å². The molecule has 1 aromatic carbocycles. The van der Waals surface area contributed by atoms with Crippen LogP contribution in [0.3, 0.4) is 0 Å². The van der Waals surface area contributed by atoms with E-state index in [2.05, 4.69) is 18.4 Å². The van der Waals surface area contributed by atoms with Gasteiger partial charge in [-0.3, -0.25) is 4.79 Å². The number of amides is 1. The van der Waals surface area contributed by atoms with Crippen molar-refractivity contribution in [2.75, 3.05) is 6.54 Å². The molecule has 3 nitrogen and oxygen atoms in total. The summed E-state index contributed by atoms with van der Waals surface area (Å²) in [4.78, 5) is 16.1. The highest BCUT2D eigenvalue weighted by atomic mass is 35.5. The van der Waals surface area contributed by atoms with Crippen LogP contribution in [0.1, 0.15) is 34.0 Å². The van der Waals surface area contributed by atoms with E-state index in [1.165, 1.54) is 10.4 Å². The number of fused-ring (bicyclic) bond motifs is 2. The van der Waals surface area contributed by atoms with E-state index in [0.717, 1.165) is 18.4 Å². The number of hydrogen-bond donors (Lipinski definition) is 0. The van der Waals surface area contributed by atoms with Crippen molar-refractivity contribution in [3.8, 4) is 0 Å². The highest BCUT2D eigenvalue weighted by molar-refractivity contribution is 7.10. The molecule has 1 aliphatic heterocycles. The first-order valence-corrected chi connectivity index (χ1v) is 8.45. The van der Waals surface area contributed by atoms with Crippen molar-refractivity contribution in [3.05, 3.63) is 56.9 Å². The van der Waals surface area contributed by atoms with Crippen LogP contribution in [-0.2, 0) is 6.42 Å². The van der Waals surface area contributed by atoms with Gasteiger partial charge in [0.25, 0.3) is 5.91 Å². The minimum Gasteiger partial charge on any atom is -0.451 e. The normalized spacial score (nSPS) is 17.7. The van der Waals surface area contributed by atoms with Crippen LogP contribution >= 0.6 is 22.9 Å². The fraction of sp³-hybridized carbons (Fsp3) is 0.235. The van der Waals surface area contributed by atoms with E-state index in [0.29, 0.717) is 16.4 Å². The zero-order chi connectivity index (χ0) is 15.3. The molecule has 0 radical (unpaired) electrons. The molecule has 0 spiro atoms. The summed E-state index contributed by atoms with van der Waals surface area (Å²) in [6, 6.07) is 9.35. The summed E-state index contributed by atoms with van der Waals surface area (Å²) in [6.45, 7) is 2.80. The Morgan fingerprint density at radius 2 is 2.23 bits per heavy atom. The lowest BCUT2D eigenvalue weighted by atomic mass is 10.0. The van der Waals surface area contributed by atoms with Crippen LogP contribution in [0.15, 0.2) is 40.1 Å². The monoisotopic (exact) mass is 331 g/mol. The second kappa shape index (κ2) is 5.14. The van der Waals surface area contributed by atoms with Gasteiger partial charge in [0.15, 0.2) is 5.76 Å². The molecule has 0 fully saturated rings. The van der Waals surface area contributed by atoms with Crippen molar-refractivity contribution in [2.45, 2.75) is 19.4 Å². The van der Waals surface area contributed by atoms with Gasteiger partial charge in [-0.1, -0.05) is 11.6 Å². The van der Waals surface area contributed by atoms with Gasteiger partial charge in [-0.2, -0.15) is 0 Å². The SMILES string of the molecule is C[C@@H]1c2ccsc2CCN1C(=O)c1cc2cc(Cl)ccc2o1. The summed E-state index contributed by atoms with van der Waals surface area (Å²) in [7, 11) is 0. The average molecular weight is 332 g/mol. The van der Waals surface area contributed by atoms with Crippen molar-refractivity contribution in [3.63, 3.8) is 0 Å². The predicted octanol–water partition coefficient (Wildman–Crippen LogP) is 4.91. The van der Waals surface area contributed by atoms with Crippen molar-refractivity contribution >= 4 is 39.8 Å². The fourth-order valence-corrected chi connectivity index (χ4v) is 4.19. The van der Waals surface area contributed by atoms with Crippen LogP contribution in [0, 0.1) is 0 Å². The van der Waals surface area contributed by atoms with Gasteiger partial charge in [-0.15, -0.1) is 11.3 Å². The van der Waals surface area contributed by atoms with Crippen LogP contribution in [0.25, 0.3) is 11.0 Å². The van der Waals surface area contributed by atoms with Crippen LogP contribution < -0.4 is 0 Å². The van der Waals surface area contributed by atoms with Gasteiger partial charge in [0.1, 0.15) is 5.58 Å². The van der Waals surface area contributed by atoms with Crippen LogP contribution in [0.2, 0.25) is 5.02 Å². The molecule has 3 heterocycles. The molecule has 0 N–H and O–H groups in total. The lowest BCUT2D eigenvalue weighted by molar-refractivity contribution is 0.0649. The maximum absolute atomic E-state index is 12.8. The van der Waals surface area contributed by atoms with Gasteiger partial charge >= 0.3 is 0 Å². The fourth-order valence-electron chi connectivity index (χ4n) is 3.05. The number of thiophene rings is 1. The smallest absolute Gasteiger partial charge is 0.290 e. The number of carbonyl (C=O) groups excluding carboxylic acids is 1. The van der Waals surface area contributed by atoms with Crippen molar-refractivity contribution in [1.82, 2.24) is 4.90 Å². The highest BCUT2D eigenvalue weighted by Gasteiger charge is 2.30. The van der Waals surface area contributed by atoms with Crippen molar-refractivity contribution < 1.29 is 9.21 Å². The first-order valence-electron chi connectivity index (χ1n) is 7.20. The highest BCUT2D eigenvalue weighted by Crippen LogP contribution is 2.34. The zero-order valence-electron chi connectivity index (χ0n) is 12.0. The van der Waals surface area contributed by atoms with E-state index in [-0.39, 0.29) is 11.9 Å². The summed E-state index contributed by atoms with van der Waals surface area (Å²) in [5, 5.41) is 3.59. The molecule has 1 amide bonds. The van der Waals surface area contributed by atoms with E-state index in [1.54, 1.807) is 29.5 Å². The Hall–Kier alpha value is -1.78.